The standard InChI is InChI=1S/C11H23NO2Si/c1-4-9-13-15(3,14-10-5-2)11-7-6-8-12/h4-7,9-11H2,1-3H3. The van der Waals surface area contributed by atoms with Crippen molar-refractivity contribution in [2.24, 2.45) is 0 Å². The number of nitriles is 1. The Morgan fingerprint density at radius 1 is 1.13 bits per heavy atom. The minimum absolute atomic E-state index is 0.605. The summed E-state index contributed by atoms with van der Waals surface area (Å²) in [5.41, 5.74) is 0. The number of nitrogens with zero attached hydrogens (tertiary/aromatic N) is 1. The minimum Gasteiger partial charge on any atom is -0.394 e. The topological polar surface area (TPSA) is 42.2 Å². The fraction of sp³-hybridized carbons (Fsp3) is 0.909. The molecule has 0 aliphatic heterocycles. The number of hydrogen-bond acceptors (Lipinski definition) is 3. The van der Waals surface area contributed by atoms with Gasteiger partial charge in [0.15, 0.2) is 0 Å². The molecule has 0 aliphatic rings. The molecule has 0 radical (unpaired) electrons. The molecule has 0 heterocycles. The Morgan fingerprint density at radius 2 is 1.67 bits per heavy atom. The van der Waals surface area contributed by atoms with Gasteiger partial charge in [0, 0.05) is 19.6 Å². The summed E-state index contributed by atoms with van der Waals surface area (Å²) in [5.74, 6) is 0. The van der Waals surface area contributed by atoms with Crippen LogP contribution in [0.2, 0.25) is 12.6 Å². The largest absolute Gasteiger partial charge is 0.394 e. The Kier molecular flexibility index (Phi) is 8.68. The monoisotopic (exact) mass is 229 g/mol. The predicted molar refractivity (Wildman–Crippen MR) is 63.8 cm³/mol. The van der Waals surface area contributed by atoms with E-state index in [1.807, 2.05) is 0 Å². The maximum Gasteiger partial charge on any atom is 0.334 e. The lowest BCUT2D eigenvalue weighted by Gasteiger charge is -2.26. The highest BCUT2D eigenvalue weighted by molar-refractivity contribution is 6.66. The van der Waals surface area contributed by atoms with E-state index in [1.54, 1.807) is 0 Å². The lowest BCUT2D eigenvalue weighted by atomic mass is 10.4. The first-order valence-corrected chi connectivity index (χ1v) is 8.35. The van der Waals surface area contributed by atoms with Gasteiger partial charge in [-0.1, -0.05) is 13.8 Å². The Labute approximate surface area is 94.6 Å². The smallest absolute Gasteiger partial charge is 0.334 e. The first-order chi connectivity index (χ1) is 7.18. The molecule has 0 aromatic carbocycles. The summed E-state index contributed by atoms with van der Waals surface area (Å²) in [7, 11) is -1.98. The van der Waals surface area contributed by atoms with Gasteiger partial charge in [-0.3, -0.25) is 0 Å². The molecule has 88 valence electrons. The lowest BCUT2D eigenvalue weighted by molar-refractivity contribution is 0.172. The van der Waals surface area contributed by atoms with Gasteiger partial charge in [0.1, 0.15) is 0 Å². The Morgan fingerprint density at radius 3 is 2.07 bits per heavy atom. The maximum atomic E-state index is 8.50. The van der Waals surface area contributed by atoms with Crippen LogP contribution in [0.15, 0.2) is 0 Å². The normalized spacial score (nSPS) is 11.3. The molecule has 0 rings (SSSR count). The van der Waals surface area contributed by atoms with E-state index in [-0.39, 0.29) is 0 Å². The first kappa shape index (κ1) is 14.6. The van der Waals surface area contributed by atoms with Crippen LogP contribution in [0.3, 0.4) is 0 Å². The Bertz CT molecular complexity index is 184. The molecule has 0 saturated carbocycles. The maximum absolute atomic E-state index is 8.50. The van der Waals surface area contributed by atoms with Crippen LogP contribution >= 0.6 is 0 Å². The quantitative estimate of drug-likeness (QED) is 0.450. The zero-order valence-electron chi connectivity index (χ0n) is 10.2. The van der Waals surface area contributed by atoms with Crippen LogP contribution in [0.25, 0.3) is 0 Å². The molecule has 0 amide bonds. The summed E-state index contributed by atoms with van der Waals surface area (Å²) < 4.78 is 11.7. The third-order valence-electron chi connectivity index (χ3n) is 2.14. The van der Waals surface area contributed by atoms with Gasteiger partial charge in [0.05, 0.1) is 6.07 Å². The van der Waals surface area contributed by atoms with Crippen molar-refractivity contribution in [2.45, 2.75) is 52.1 Å². The van der Waals surface area contributed by atoms with Crippen LogP contribution in [-0.4, -0.2) is 21.8 Å². The summed E-state index contributed by atoms with van der Waals surface area (Å²) in [6.45, 7) is 7.86. The van der Waals surface area contributed by atoms with Crippen LogP contribution in [0.1, 0.15) is 39.5 Å². The lowest BCUT2D eigenvalue weighted by Crippen LogP contribution is -2.39. The molecule has 0 aliphatic carbocycles. The van der Waals surface area contributed by atoms with Crippen molar-refractivity contribution < 1.29 is 8.85 Å². The molecular weight excluding hydrogens is 206 g/mol. The zero-order chi connectivity index (χ0) is 11.6. The number of unbranched alkanes of at least 4 members (excludes halogenated alkanes) is 1. The molecule has 0 saturated heterocycles. The average Bonchev–Trinajstić information content (AvgIpc) is 2.24. The molecule has 0 aromatic heterocycles. The predicted octanol–water partition coefficient (Wildman–Crippen LogP) is 3.22. The highest BCUT2D eigenvalue weighted by Crippen LogP contribution is 2.17. The van der Waals surface area contributed by atoms with Gasteiger partial charge in [0.2, 0.25) is 0 Å². The van der Waals surface area contributed by atoms with Gasteiger partial charge in [-0.2, -0.15) is 5.26 Å². The second-order valence-electron chi connectivity index (χ2n) is 3.84. The van der Waals surface area contributed by atoms with Crippen molar-refractivity contribution in [2.75, 3.05) is 13.2 Å². The third-order valence-corrected chi connectivity index (χ3v) is 5.03. The van der Waals surface area contributed by atoms with E-state index < -0.39 is 8.56 Å². The third kappa shape index (κ3) is 7.54. The van der Waals surface area contributed by atoms with Crippen molar-refractivity contribution in [1.29, 1.82) is 5.26 Å². The van der Waals surface area contributed by atoms with Crippen LogP contribution in [-0.2, 0) is 8.85 Å². The molecule has 0 atom stereocenters. The molecule has 0 unspecified atom stereocenters. The van der Waals surface area contributed by atoms with E-state index in [0.29, 0.717) is 6.42 Å². The van der Waals surface area contributed by atoms with E-state index in [0.717, 1.165) is 38.5 Å². The van der Waals surface area contributed by atoms with Gasteiger partial charge < -0.3 is 8.85 Å². The summed E-state index contributed by atoms with van der Waals surface area (Å²) >= 11 is 0. The Hall–Kier alpha value is -0.373. The zero-order valence-corrected chi connectivity index (χ0v) is 11.2. The van der Waals surface area contributed by atoms with Crippen molar-refractivity contribution in [3.8, 4) is 6.07 Å². The van der Waals surface area contributed by atoms with E-state index in [1.165, 1.54) is 0 Å². The molecule has 0 aromatic rings. The van der Waals surface area contributed by atoms with Crippen LogP contribution < -0.4 is 0 Å². The second-order valence-corrected chi connectivity index (χ2v) is 7.19. The van der Waals surface area contributed by atoms with Gasteiger partial charge in [0.25, 0.3) is 0 Å². The summed E-state index contributed by atoms with van der Waals surface area (Å²) in [5, 5.41) is 8.50. The van der Waals surface area contributed by atoms with E-state index in [2.05, 4.69) is 26.5 Å². The van der Waals surface area contributed by atoms with Gasteiger partial charge in [-0.25, -0.2) is 0 Å². The Balaban J connectivity index is 3.96. The molecular formula is C11H23NO2Si. The van der Waals surface area contributed by atoms with Crippen LogP contribution in [0.5, 0.6) is 0 Å². The van der Waals surface area contributed by atoms with Gasteiger partial charge >= 0.3 is 8.56 Å². The summed E-state index contributed by atoms with van der Waals surface area (Å²) in [4.78, 5) is 0. The van der Waals surface area contributed by atoms with E-state index in [9.17, 15) is 0 Å². The molecule has 3 nitrogen and oxygen atoms in total. The molecule has 0 N–H and O–H groups in total. The van der Waals surface area contributed by atoms with Gasteiger partial charge in [-0.05, 0) is 31.9 Å². The van der Waals surface area contributed by atoms with Crippen LogP contribution in [0.4, 0.5) is 0 Å². The van der Waals surface area contributed by atoms with Crippen molar-refractivity contribution in [3.63, 3.8) is 0 Å². The van der Waals surface area contributed by atoms with E-state index in [4.69, 9.17) is 14.1 Å². The van der Waals surface area contributed by atoms with Gasteiger partial charge in [-0.15, -0.1) is 0 Å². The average molecular weight is 229 g/mol. The van der Waals surface area contributed by atoms with Crippen molar-refractivity contribution in [1.82, 2.24) is 0 Å². The molecule has 0 fully saturated rings. The minimum atomic E-state index is -1.98. The highest BCUT2D eigenvalue weighted by atomic mass is 28.4. The molecule has 0 bridgehead atoms. The summed E-state index contributed by atoms with van der Waals surface area (Å²) in [6, 6.07) is 3.09. The highest BCUT2D eigenvalue weighted by Gasteiger charge is 2.30. The number of rotatable bonds is 9. The first-order valence-electron chi connectivity index (χ1n) is 5.83. The fourth-order valence-electron chi connectivity index (χ4n) is 1.31. The van der Waals surface area contributed by atoms with Crippen molar-refractivity contribution in [3.05, 3.63) is 0 Å². The van der Waals surface area contributed by atoms with E-state index >= 15 is 0 Å². The van der Waals surface area contributed by atoms with Crippen LogP contribution in [0, 0.1) is 11.3 Å². The summed E-state index contributed by atoms with van der Waals surface area (Å²) in [6.07, 6.45) is 3.55. The fourth-order valence-corrected chi connectivity index (χ4v) is 3.77. The second kappa shape index (κ2) is 8.90. The molecule has 0 spiro atoms. The van der Waals surface area contributed by atoms with Crippen molar-refractivity contribution >= 4 is 8.56 Å². The SMILES string of the molecule is CCCO[Si](C)(CCCC#N)OCCC. The number of hydrogen-bond donors (Lipinski definition) is 0. The molecule has 15 heavy (non-hydrogen) atoms. The molecule has 4 heteroatoms.